The zero-order chi connectivity index (χ0) is 17.9. The Bertz CT molecular complexity index is 923. The van der Waals surface area contributed by atoms with Gasteiger partial charge in [-0.15, -0.1) is 0 Å². The van der Waals surface area contributed by atoms with Gasteiger partial charge in [-0.1, -0.05) is 12.1 Å². The standard InChI is InChI=1S/C20H21N3O3/c1-24-18-6-4-15(12-19(18)25-2)14-3-5-17-16(11-14)20(22-13-21-17)23-7-9-26-10-8-23/h3-6,11-13H,7-10H2,1-2H3. The smallest absolute Gasteiger partial charge is 0.161 e. The number of benzene rings is 2. The molecule has 1 saturated heterocycles. The lowest BCUT2D eigenvalue weighted by molar-refractivity contribution is 0.122. The van der Waals surface area contributed by atoms with Crippen LogP contribution in [-0.2, 0) is 4.74 Å². The Hall–Kier alpha value is -2.86. The van der Waals surface area contributed by atoms with Crippen molar-refractivity contribution >= 4 is 16.7 Å². The Labute approximate surface area is 152 Å². The van der Waals surface area contributed by atoms with E-state index in [0.717, 1.165) is 59.9 Å². The lowest BCUT2D eigenvalue weighted by Gasteiger charge is -2.28. The van der Waals surface area contributed by atoms with Crippen molar-refractivity contribution in [3.63, 3.8) is 0 Å². The van der Waals surface area contributed by atoms with E-state index in [1.165, 1.54) is 0 Å². The third-order valence-corrected chi connectivity index (χ3v) is 4.64. The second kappa shape index (κ2) is 7.17. The summed E-state index contributed by atoms with van der Waals surface area (Å²) in [5.74, 6) is 2.39. The highest BCUT2D eigenvalue weighted by Crippen LogP contribution is 2.34. The fourth-order valence-corrected chi connectivity index (χ4v) is 3.27. The normalized spacial score (nSPS) is 14.5. The molecule has 0 N–H and O–H groups in total. The number of hydrogen-bond acceptors (Lipinski definition) is 6. The van der Waals surface area contributed by atoms with E-state index in [4.69, 9.17) is 14.2 Å². The molecule has 3 aromatic rings. The fraction of sp³-hybridized carbons (Fsp3) is 0.300. The Balaban J connectivity index is 1.79. The van der Waals surface area contributed by atoms with E-state index in [-0.39, 0.29) is 0 Å². The van der Waals surface area contributed by atoms with Gasteiger partial charge in [-0.2, -0.15) is 0 Å². The summed E-state index contributed by atoms with van der Waals surface area (Å²) in [6, 6.07) is 12.2. The molecule has 134 valence electrons. The first-order chi connectivity index (χ1) is 12.8. The van der Waals surface area contributed by atoms with Crippen molar-refractivity contribution in [3.05, 3.63) is 42.7 Å². The summed E-state index contributed by atoms with van der Waals surface area (Å²) in [6.07, 6.45) is 1.63. The topological polar surface area (TPSA) is 56.7 Å². The van der Waals surface area contributed by atoms with Crippen LogP contribution in [-0.4, -0.2) is 50.5 Å². The molecule has 2 aromatic carbocycles. The maximum atomic E-state index is 5.46. The van der Waals surface area contributed by atoms with Crippen molar-refractivity contribution < 1.29 is 14.2 Å². The van der Waals surface area contributed by atoms with Gasteiger partial charge in [-0.3, -0.25) is 0 Å². The van der Waals surface area contributed by atoms with Gasteiger partial charge in [-0.05, 0) is 35.4 Å². The predicted molar refractivity (Wildman–Crippen MR) is 101 cm³/mol. The first kappa shape index (κ1) is 16.6. The summed E-state index contributed by atoms with van der Waals surface area (Å²) in [6.45, 7) is 3.13. The first-order valence-electron chi connectivity index (χ1n) is 8.60. The molecule has 6 heteroatoms. The summed E-state index contributed by atoms with van der Waals surface area (Å²) < 4.78 is 16.2. The average molecular weight is 351 g/mol. The lowest BCUT2D eigenvalue weighted by Crippen LogP contribution is -2.36. The van der Waals surface area contributed by atoms with Crippen LogP contribution < -0.4 is 14.4 Å². The SMILES string of the molecule is COc1ccc(-c2ccc3ncnc(N4CCOCC4)c3c2)cc1OC. The van der Waals surface area contributed by atoms with Gasteiger partial charge in [0, 0.05) is 18.5 Å². The van der Waals surface area contributed by atoms with Gasteiger partial charge < -0.3 is 19.1 Å². The molecule has 0 bridgehead atoms. The summed E-state index contributed by atoms with van der Waals surface area (Å²) in [5, 5.41) is 1.04. The minimum atomic E-state index is 0.711. The highest BCUT2D eigenvalue weighted by atomic mass is 16.5. The third kappa shape index (κ3) is 3.04. The van der Waals surface area contributed by atoms with Crippen LogP contribution in [0.4, 0.5) is 5.82 Å². The zero-order valence-electron chi connectivity index (χ0n) is 14.9. The predicted octanol–water partition coefficient (Wildman–Crippen LogP) is 3.15. The lowest BCUT2D eigenvalue weighted by atomic mass is 10.0. The Morgan fingerprint density at radius 3 is 2.38 bits per heavy atom. The van der Waals surface area contributed by atoms with Crippen molar-refractivity contribution in [3.8, 4) is 22.6 Å². The van der Waals surface area contributed by atoms with Gasteiger partial charge in [0.2, 0.25) is 0 Å². The summed E-state index contributed by atoms with van der Waals surface area (Å²) in [4.78, 5) is 11.2. The Morgan fingerprint density at radius 1 is 0.885 bits per heavy atom. The highest BCUT2D eigenvalue weighted by Gasteiger charge is 2.16. The monoisotopic (exact) mass is 351 g/mol. The quantitative estimate of drug-likeness (QED) is 0.720. The van der Waals surface area contributed by atoms with Gasteiger partial charge in [0.15, 0.2) is 11.5 Å². The van der Waals surface area contributed by atoms with Crippen LogP contribution in [0, 0.1) is 0 Å². The number of ether oxygens (including phenoxy) is 3. The van der Waals surface area contributed by atoms with E-state index < -0.39 is 0 Å². The maximum Gasteiger partial charge on any atom is 0.161 e. The minimum Gasteiger partial charge on any atom is -0.493 e. The maximum absolute atomic E-state index is 5.46. The summed E-state index contributed by atoms with van der Waals surface area (Å²) in [5.41, 5.74) is 3.08. The van der Waals surface area contributed by atoms with Crippen LogP contribution in [0.5, 0.6) is 11.5 Å². The first-order valence-corrected chi connectivity index (χ1v) is 8.60. The van der Waals surface area contributed by atoms with E-state index in [1.807, 2.05) is 24.3 Å². The Morgan fingerprint density at radius 2 is 1.62 bits per heavy atom. The molecule has 1 aliphatic heterocycles. The molecule has 2 heterocycles. The minimum absolute atomic E-state index is 0.711. The molecular weight excluding hydrogens is 330 g/mol. The molecule has 0 spiro atoms. The highest BCUT2D eigenvalue weighted by molar-refractivity contribution is 5.93. The van der Waals surface area contributed by atoms with Crippen LogP contribution in [0.1, 0.15) is 0 Å². The second-order valence-corrected chi connectivity index (χ2v) is 6.10. The molecule has 6 nitrogen and oxygen atoms in total. The van der Waals surface area contributed by atoms with Gasteiger partial charge >= 0.3 is 0 Å². The van der Waals surface area contributed by atoms with Crippen molar-refractivity contribution in [2.45, 2.75) is 0 Å². The van der Waals surface area contributed by atoms with E-state index >= 15 is 0 Å². The number of methoxy groups -OCH3 is 2. The van der Waals surface area contributed by atoms with Crippen LogP contribution in [0.25, 0.3) is 22.0 Å². The van der Waals surface area contributed by atoms with E-state index in [1.54, 1.807) is 20.5 Å². The number of hydrogen-bond donors (Lipinski definition) is 0. The van der Waals surface area contributed by atoms with Gasteiger partial charge in [0.1, 0.15) is 12.1 Å². The van der Waals surface area contributed by atoms with Crippen LogP contribution in [0.15, 0.2) is 42.7 Å². The molecule has 0 radical (unpaired) electrons. The molecule has 26 heavy (non-hydrogen) atoms. The summed E-state index contributed by atoms with van der Waals surface area (Å²) >= 11 is 0. The van der Waals surface area contributed by atoms with E-state index in [9.17, 15) is 0 Å². The van der Waals surface area contributed by atoms with Crippen molar-refractivity contribution in [1.82, 2.24) is 9.97 Å². The van der Waals surface area contributed by atoms with Crippen LogP contribution in [0.2, 0.25) is 0 Å². The molecule has 1 aromatic heterocycles. The molecule has 4 rings (SSSR count). The molecule has 0 saturated carbocycles. The number of morpholine rings is 1. The van der Waals surface area contributed by atoms with Crippen LogP contribution in [0.3, 0.4) is 0 Å². The molecule has 1 fully saturated rings. The number of fused-ring (bicyclic) bond motifs is 1. The molecule has 0 aliphatic carbocycles. The number of aromatic nitrogens is 2. The van der Waals surface area contributed by atoms with Gasteiger partial charge in [0.25, 0.3) is 0 Å². The second-order valence-electron chi connectivity index (χ2n) is 6.10. The van der Waals surface area contributed by atoms with Crippen molar-refractivity contribution in [2.75, 3.05) is 45.4 Å². The van der Waals surface area contributed by atoms with Crippen molar-refractivity contribution in [1.29, 1.82) is 0 Å². The molecule has 0 atom stereocenters. The van der Waals surface area contributed by atoms with E-state index in [0.29, 0.717) is 5.75 Å². The third-order valence-electron chi connectivity index (χ3n) is 4.64. The molecule has 0 unspecified atom stereocenters. The molecular formula is C20H21N3O3. The number of anilines is 1. The molecule has 0 amide bonds. The van der Waals surface area contributed by atoms with E-state index in [2.05, 4.69) is 27.0 Å². The zero-order valence-corrected chi connectivity index (χ0v) is 14.9. The van der Waals surface area contributed by atoms with Gasteiger partial charge in [0.05, 0.1) is 33.0 Å². The number of rotatable bonds is 4. The van der Waals surface area contributed by atoms with Crippen molar-refractivity contribution in [2.24, 2.45) is 0 Å². The Kier molecular flexibility index (Phi) is 4.58. The van der Waals surface area contributed by atoms with Gasteiger partial charge in [-0.25, -0.2) is 9.97 Å². The molecule has 1 aliphatic rings. The summed E-state index contributed by atoms with van der Waals surface area (Å²) in [7, 11) is 3.28. The average Bonchev–Trinajstić information content (AvgIpc) is 2.73. The largest absolute Gasteiger partial charge is 0.493 e. The fourth-order valence-electron chi connectivity index (χ4n) is 3.27. The van der Waals surface area contributed by atoms with Crippen LogP contribution >= 0.6 is 0 Å². The number of nitrogens with zero attached hydrogens (tertiary/aromatic N) is 3.